The van der Waals surface area contributed by atoms with Crippen molar-refractivity contribution < 1.29 is 9.53 Å². The van der Waals surface area contributed by atoms with Gasteiger partial charge in [-0.05, 0) is 17.7 Å². The topological polar surface area (TPSA) is 29.5 Å². The Balaban J connectivity index is 1.72. The summed E-state index contributed by atoms with van der Waals surface area (Å²) >= 11 is 6.32. The first-order chi connectivity index (χ1) is 10.7. The number of carbonyl (C=O) groups is 1. The molecule has 0 aliphatic carbocycles. The van der Waals surface area contributed by atoms with Crippen LogP contribution in [0.25, 0.3) is 0 Å². The van der Waals surface area contributed by atoms with E-state index in [2.05, 4.69) is 0 Å². The third kappa shape index (κ3) is 3.21. The molecule has 1 amide bonds. The van der Waals surface area contributed by atoms with Gasteiger partial charge in [-0.25, -0.2) is 4.79 Å². The number of ether oxygens (including phenoxy) is 1. The van der Waals surface area contributed by atoms with E-state index in [0.29, 0.717) is 10.8 Å². The lowest BCUT2D eigenvalue weighted by Gasteiger charge is -2.22. The van der Waals surface area contributed by atoms with E-state index in [9.17, 15) is 4.79 Å². The monoisotopic (exact) mass is 311 g/mol. The molecule has 1 atom stereocenters. The summed E-state index contributed by atoms with van der Waals surface area (Å²) in [7, 11) is 0. The fourth-order valence-electron chi connectivity index (χ4n) is 2.21. The van der Waals surface area contributed by atoms with E-state index in [1.165, 1.54) is 4.90 Å². The van der Waals surface area contributed by atoms with Crippen molar-refractivity contribution in [2.24, 2.45) is 0 Å². The zero-order valence-electron chi connectivity index (χ0n) is 11.7. The second-order valence-corrected chi connectivity index (χ2v) is 5.27. The van der Waals surface area contributed by atoms with Crippen LogP contribution in [0.15, 0.2) is 84.2 Å². The van der Waals surface area contributed by atoms with E-state index in [0.717, 1.165) is 5.56 Å². The minimum Gasteiger partial charge on any atom is -0.410 e. The number of nitrogens with zero attached hydrogens (tertiary/aromatic N) is 1. The largest absolute Gasteiger partial charge is 0.423 e. The molecule has 0 aromatic heterocycles. The van der Waals surface area contributed by atoms with Crippen LogP contribution in [-0.4, -0.2) is 11.0 Å². The summed E-state index contributed by atoms with van der Waals surface area (Å²) in [6, 6.07) is 18.8. The van der Waals surface area contributed by atoms with Crippen molar-refractivity contribution in [2.45, 2.75) is 5.92 Å². The van der Waals surface area contributed by atoms with Gasteiger partial charge in [-0.3, -0.25) is 4.90 Å². The molecule has 4 heteroatoms. The predicted molar refractivity (Wildman–Crippen MR) is 86.6 cm³/mol. The number of amides is 1. The molecule has 1 aliphatic heterocycles. The number of para-hydroxylation sites is 1. The molecule has 0 saturated heterocycles. The number of allylic oxidation sites excluding steroid dienone is 2. The molecule has 110 valence electrons. The summed E-state index contributed by atoms with van der Waals surface area (Å²) in [6.45, 7) is 0. The Hall–Kier alpha value is -2.52. The number of halogens is 1. The van der Waals surface area contributed by atoms with Crippen molar-refractivity contribution in [3.05, 3.63) is 89.7 Å². The third-order valence-electron chi connectivity index (χ3n) is 3.32. The van der Waals surface area contributed by atoms with E-state index in [1.54, 1.807) is 24.5 Å². The van der Waals surface area contributed by atoms with Crippen LogP contribution in [-0.2, 0) is 0 Å². The van der Waals surface area contributed by atoms with Gasteiger partial charge in [-0.1, -0.05) is 66.2 Å². The van der Waals surface area contributed by atoms with Gasteiger partial charge >= 0.3 is 6.09 Å². The van der Waals surface area contributed by atoms with Crippen molar-refractivity contribution in [3.8, 4) is 5.75 Å². The van der Waals surface area contributed by atoms with E-state index < -0.39 is 6.09 Å². The Labute approximate surface area is 134 Å². The summed E-state index contributed by atoms with van der Waals surface area (Å²) in [5.41, 5.74) is 1.08. The highest BCUT2D eigenvalue weighted by molar-refractivity contribution is 6.30. The number of carbonyl (C=O) groups excluding carboxylic acids is 1. The van der Waals surface area contributed by atoms with Crippen LogP contribution in [0.1, 0.15) is 11.5 Å². The average molecular weight is 312 g/mol. The summed E-state index contributed by atoms with van der Waals surface area (Å²) in [6.07, 6.45) is 4.65. The summed E-state index contributed by atoms with van der Waals surface area (Å²) in [5.74, 6) is 0.458. The highest BCUT2D eigenvalue weighted by Crippen LogP contribution is 2.32. The van der Waals surface area contributed by atoms with E-state index in [1.807, 2.05) is 54.6 Å². The molecule has 3 nitrogen and oxygen atoms in total. The normalized spacial score (nSPS) is 17.0. The first-order valence-electron chi connectivity index (χ1n) is 6.90. The maximum Gasteiger partial charge on any atom is 0.423 e. The van der Waals surface area contributed by atoms with Crippen molar-refractivity contribution in [3.63, 3.8) is 0 Å². The van der Waals surface area contributed by atoms with Crippen LogP contribution < -0.4 is 4.74 Å². The Morgan fingerprint density at radius 2 is 1.64 bits per heavy atom. The van der Waals surface area contributed by atoms with E-state index in [4.69, 9.17) is 16.3 Å². The number of hydrogen-bond donors (Lipinski definition) is 0. The molecular formula is C18H14ClNO2. The molecule has 3 rings (SSSR count). The number of rotatable bonds is 2. The fraction of sp³-hybridized carbons (Fsp3) is 0.0556. The molecule has 0 radical (unpaired) electrons. The Morgan fingerprint density at radius 3 is 2.27 bits per heavy atom. The Kier molecular flexibility index (Phi) is 4.26. The lowest BCUT2D eigenvalue weighted by atomic mass is 9.97. The van der Waals surface area contributed by atoms with Crippen molar-refractivity contribution in [1.29, 1.82) is 0 Å². The lowest BCUT2D eigenvalue weighted by molar-refractivity contribution is 0.181. The first-order valence-corrected chi connectivity index (χ1v) is 7.27. The van der Waals surface area contributed by atoms with Gasteiger partial charge in [0.1, 0.15) is 5.75 Å². The summed E-state index contributed by atoms with van der Waals surface area (Å²) in [4.78, 5) is 13.4. The number of benzene rings is 2. The molecule has 0 saturated carbocycles. The minimum atomic E-state index is -0.493. The van der Waals surface area contributed by atoms with Gasteiger partial charge in [-0.15, -0.1) is 0 Å². The lowest BCUT2D eigenvalue weighted by Crippen LogP contribution is -2.26. The van der Waals surface area contributed by atoms with Crippen LogP contribution >= 0.6 is 11.6 Å². The van der Waals surface area contributed by atoms with Gasteiger partial charge in [0.25, 0.3) is 0 Å². The highest BCUT2D eigenvalue weighted by atomic mass is 35.5. The molecule has 0 bridgehead atoms. The smallest absolute Gasteiger partial charge is 0.410 e. The van der Waals surface area contributed by atoms with Gasteiger partial charge in [0.15, 0.2) is 0 Å². The highest BCUT2D eigenvalue weighted by Gasteiger charge is 2.21. The van der Waals surface area contributed by atoms with E-state index in [-0.39, 0.29) is 5.92 Å². The second kappa shape index (κ2) is 6.50. The molecular weight excluding hydrogens is 298 g/mol. The van der Waals surface area contributed by atoms with Crippen LogP contribution in [0, 0.1) is 0 Å². The van der Waals surface area contributed by atoms with Gasteiger partial charge < -0.3 is 4.74 Å². The van der Waals surface area contributed by atoms with Gasteiger partial charge in [0, 0.05) is 23.4 Å². The Bertz CT molecular complexity index is 710. The fourth-order valence-corrected chi connectivity index (χ4v) is 2.52. The molecule has 0 spiro atoms. The average Bonchev–Trinajstić information content (AvgIpc) is 2.56. The second-order valence-electron chi connectivity index (χ2n) is 4.83. The third-order valence-corrected chi connectivity index (χ3v) is 3.65. The Morgan fingerprint density at radius 1 is 1.00 bits per heavy atom. The molecule has 0 N–H and O–H groups in total. The molecule has 0 fully saturated rings. The molecule has 2 aromatic rings. The number of hydrogen-bond acceptors (Lipinski definition) is 2. The molecule has 2 aromatic carbocycles. The molecule has 1 unspecified atom stereocenters. The SMILES string of the molecule is O=C(Oc1ccccc1)N1C=CC(c2ccccc2)C(Cl)=C1. The van der Waals surface area contributed by atoms with Gasteiger partial charge in [0.2, 0.25) is 0 Å². The molecule has 22 heavy (non-hydrogen) atoms. The predicted octanol–water partition coefficient (Wildman–Crippen LogP) is 4.88. The molecule has 1 aliphatic rings. The van der Waals surface area contributed by atoms with Crippen molar-refractivity contribution in [1.82, 2.24) is 4.90 Å². The van der Waals surface area contributed by atoms with Gasteiger partial charge in [-0.2, -0.15) is 0 Å². The maximum atomic E-state index is 12.1. The van der Waals surface area contributed by atoms with Crippen LogP contribution in [0.3, 0.4) is 0 Å². The summed E-state index contributed by atoms with van der Waals surface area (Å²) in [5, 5.41) is 0.568. The quantitative estimate of drug-likeness (QED) is 0.791. The molecule has 1 heterocycles. The van der Waals surface area contributed by atoms with Crippen LogP contribution in [0.2, 0.25) is 0 Å². The zero-order chi connectivity index (χ0) is 15.4. The van der Waals surface area contributed by atoms with Crippen LogP contribution in [0.4, 0.5) is 4.79 Å². The van der Waals surface area contributed by atoms with Crippen molar-refractivity contribution in [2.75, 3.05) is 0 Å². The van der Waals surface area contributed by atoms with Crippen LogP contribution in [0.5, 0.6) is 5.75 Å². The zero-order valence-corrected chi connectivity index (χ0v) is 12.5. The maximum absolute atomic E-state index is 12.1. The minimum absolute atomic E-state index is 0.0383. The first kappa shape index (κ1) is 14.4. The van der Waals surface area contributed by atoms with E-state index >= 15 is 0 Å². The van der Waals surface area contributed by atoms with Crippen molar-refractivity contribution >= 4 is 17.7 Å². The van der Waals surface area contributed by atoms with Gasteiger partial charge in [0.05, 0.1) is 0 Å². The summed E-state index contributed by atoms with van der Waals surface area (Å²) < 4.78 is 5.28. The standard InChI is InChI=1S/C18H14ClNO2/c19-17-13-20(18(21)22-15-9-5-2-6-10-15)12-11-16(17)14-7-3-1-4-8-14/h1-13,16H.